The van der Waals surface area contributed by atoms with Crippen molar-refractivity contribution in [3.63, 3.8) is 0 Å². The van der Waals surface area contributed by atoms with E-state index < -0.39 is 0 Å². The molecule has 1 aromatic heterocycles. The molecular formula is C12H15BrN2O. The van der Waals surface area contributed by atoms with E-state index in [2.05, 4.69) is 32.7 Å². The Morgan fingerprint density at radius 3 is 2.81 bits per heavy atom. The van der Waals surface area contributed by atoms with Crippen LogP contribution in [0.1, 0.15) is 18.4 Å². The van der Waals surface area contributed by atoms with Gasteiger partial charge in [-0.25, -0.2) is 4.98 Å². The van der Waals surface area contributed by atoms with Crippen LogP contribution in [0.15, 0.2) is 16.7 Å². The van der Waals surface area contributed by atoms with Crippen molar-refractivity contribution in [2.75, 3.05) is 18.0 Å². The number of aryl methyl sites for hydroxylation is 1. The van der Waals surface area contributed by atoms with Crippen LogP contribution >= 0.6 is 15.9 Å². The maximum atomic E-state index is 10.7. The fraction of sp³-hybridized carbons (Fsp3) is 0.500. The van der Waals surface area contributed by atoms with Crippen LogP contribution in [0.4, 0.5) is 5.82 Å². The zero-order valence-electron chi connectivity index (χ0n) is 9.32. The van der Waals surface area contributed by atoms with E-state index in [4.69, 9.17) is 0 Å². The molecule has 1 aromatic rings. The van der Waals surface area contributed by atoms with E-state index in [1.54, 1.807) is 0 Å². The van der Waals surface area contributed by atoms with Crippen LogP contribution in [0, 0.1) is 12.8 Å². The molecule has 1 saturated heterocycles. The lowest BCUT2D eigenvalue weighted by Gasteiger charge is -2.31. The second kappa shape index (κ2) is 4.95. The van der Waals surface area contributed by atoms with E-state index in [0.717, 1.165) is 42.5 Å². The van der Waals surface area contributed by atoms with Gasteiger partial charge in [-0.15, -0.1) is 0 Å². The fourth-order valence-electron chi connectivity index (χ4n) is 1.99. The third kappa shape index (κ3) is 2.26. The first kappa shape index (κ1) is 11.6. The highest BCUT2D eigenvalue weighted by molar-refractivity contribution is 9.10. The van der Waals surface area contributed by atoms with Gasteiger partial charge < -0.3 is 9.69 Å². The Kier molecular flexibility index (Phi) is 3.59. The highest BCUT2D eigenvalue weighted by Crippen LogP contribution is 2.29. The van der Waals surface area contributed by atoms with E-state index in [9.17, 15) is 4.79 Å². The summed E-state index contributed by atoms with van der Waals surface area (Å²) in [4.78, 5) is 17.3. The van der Waals surface area contributed by atoms with Gasteiger partial charge in [0.1, 0.15) is 12.1 Å². The fourth-order valence-corrected chi connectivity index (χ4v) is 2.48. The van der Waals surface area contributed by atoms with Crippen molar-refractivity contribution in [3.05, 3.63) is 22.3 Å². The second-order valence-corrected chi connectivity index (χ2v) is 5.02. The van der Waals surface area contributed by atoms with Crippen molar-refractivity contribution in [3.8, 4) is 0 Å². The van der Waals surface area contributed by atoms with Gasteiger partial charge in [-0.1, -0.05) is 0 Å². The van der Waals surface area contributed by atoms with Gasteiger partial charge in [0.25, 0.3) is 0 Å². The summed E-state index contributed by atoms with van der Waals surface area (Å²) in [6.45, 7) is 3.89. The number of carbonyl (C=O) groups excluding carboxylic acids is 1. The van der Waals surface area contributed by atoms with Crippen LogP contribution in [-0.2, 0) is 4.79 Å². The van der Waals surface area contributed by atoms with Crippen LogP contribution in [0.3, 0.4) is 0 Å². The summed E-state index contributed by atoms with van der Waals surface area (Å²) in [5.41, 5.74) is 1.20. The number of anilines is 1. The molecule has 0 unspecified atom stereocenters. The van der Waals surface area contributed by atoms with Crippen LogP contribution in [0.25, 0.3) is 0 Å². The lowest BCUT2D eigenvalue weighted by molar-refractivity contribution is -0.111. The molecule has 1 aliphatic rings. The molecule has 0 radical (unpaired) electrons. The summed E-state index contributed by atoms with van der Waals surface area (Å²) in [5, 5.41) is 0. The lowest BCUT2D eigenvalue weighted by Crippen LogP contribution is -2.34. The minimum atomic E-state index is 0.236. The van der Waals surface area contributed by atoms with E-state index in [0.29, 0.717) is 0 Å². The Morgan fingerprint density at radius 1 is 1.50 bits per heavy atom. The molecule has 0 saturated carbocycles. The normalized spacial score (nSPS) is 17.5. The number of rotatable bonds is 2. The molecule has 0 N–H and O–H groups in total. The molecule has 2 heterocycles. The van der Waals surface area contributed by atoms with Crippen LogP contribution in [-0.4, -0.2) is 24.4 Å². The molecule has 2 rings (SSSR count). The summed E-state index contributed by atoms with van der Waals surface area (Å²) in [5.74, 6) is 1.24. The topological polar surface area (TPSA) is 33.2 Å². The predicted molar refractivity (Wildman–Crippen MR) is 67.7 cm³/mol. The summed E-state index contributed by atoms with van der Waals surface area (Å²) in [7, 11) is 0. The van der Waals surface area contributed by atoms with Gasteiger partial charge in [0.15, 0.2) is 0 Å². The largest absolute Gasteiger partial charge is 0.356 e. The van der Waals surface area contributed by atoms with E-state index in [-0.39, 0.29) is 5.92 Å². The molecule has 3 nitrogen and oxygen atoms in total. The third-order valence-corrected chi connectivity index (χ3v) is 4.08. The summed E-state index contributed by atoms with van der Waals surface area (Å²) in [6.07, 6.45) is 4.79. The molecule has 0 aliphatic carbocycles. The third-order valence-electron chi connectivity index (χ3n) is 3.10. The molecule has 0 aromatic carbocycles. The van der Waals surface area contributed by atoms with E-state index in [1.165, 1.54) is 5.56 Å². The Balaban J connectivity index is 2.14. The molecular weight excluding hydrogens is 268 g/mol. The number of pyridine rings is 1. The number of nitrogens with zero attached hydrogens (tertiary/aromatic N) is 2. The first-order valence-corrected chi connectivity index (χ1v) is 6.33. The monoisotopic (exact) mass is 282 g/mol. The van der Waals surface area contributed by atoms with Crippen molar-refractivity contribution < 1.29 is 4.79 Å². The van der Waals surface area contributed by atoms with Gasteiger partial charge in [0, 0.05) is 25.2 Å². The summed E-state index contributed by atoms with van der Waals surface area (Å²) < 4.78 is 1.07. The Morgan fingerprint density at radius 2 is 2.19 bits per heavy atom. The molecule has 1 fully saturated rings. The zero-order chi connectivity index (χ0) is 11.5. The molecule has 0 amide bonds. The smallest absolute Gasteiger partial charge is 0.143 e. The Labute approximate surface area is 104 Å². The number of hydrogen-bond acceptors (Lipinski definition) is 3. The van der Waals surface area contributed by atoms with Crippen LogP contribution < -0.4 is 4.90 Å². The number of piperidine rings is 1. The zero-order valence-corrected chi connectivity index (χ0v) is 10.9. The van der Waals surface area contributed by atoms with Crippen LogP contribution in [0.2, 0.25) is 0 Å². The number of carbonyl (C=O) groups is 1. The second-order valence-electron chi connectivity index (χ2n) is 4.23. The van der Waals surface area contributed by atoms with Crippen molar-refractivity contribution >= 4 is 28.0 Å². The quantitative estimate of drug-likeness (QED) is 0.782. The first-order chi connectivity index (χ1) is 7.72. The van der Waals surface area contributed by atoms with Crippen molar-refractivity contribution in [2.24, 2.45) is 5.92 Å². The van der Waals surface area contributed by atoms with Gasteiger partial charge >= 0.3 is 0 Å². The van der Waals surface area contributed by atoms with E-state index >= 15 is 0 Å². The van der Waals surface area contributed by atoms with Gasteiger partial charge in [-0.2, -0.15) is 0 Å². The Hall–Kier alpha value is -0.900. The minimum Gasteiger partial charge on any atom is -0.356 e. The van der Waals surface area contributed by atoms with E-state index in [1.807, 2.05) is 12.3 Å². The highest BCUT2D eigenvalue weighted by atomic mass is 79.9. The summed E-state index contributed by atoms with van der Waals surface area (Å²) in [6, 6.07) is 1.99. The number of aromatic nitrogens is 1. The van der Waals surface area contributed by atoms with Crippen molar-refractivity contribution in [1.29, 1.82) is 0 Å². The molecule has 4 heteroatoms. The van der Waals surface area contributed by atoms with Crippen molar-refractivity contribution in [1.82, 2.24) is 4.98 Å². The SMILES string of the molecule is Cc1ccnc(N2CCC(C=O)CC2)c1Br. The molecule has 0 atom stereocenters. The molecule has 0 spiro atoms. The highest BCUT2D eigenvalue weighted by Gasteiger charge is 2.21. The molecule has 16 heavy (non-hydrogen) atoms. The first-order valence-electron chi connectivity index (χ1n) is 5.53. The summed E-state index contributed by atoms with van der Waals surface area (Å²) >= 11 is 3.57. The number of halogens is 1. The average Bonchev–Trinajstić information content (AvgIpc) is 2.33. The molecule has 86 valence electrons. The molecule has 1 aliphatic heterocycles. The maximum Gasteiger partial charge on any atom is 0.143 e. The minimum absolute atomic E-state index is 0.236. The standard InChI is InChI=1S/C12H15BrN2O/c1-9-2-5-14-12(11(9)13)15-6-3-10(8-16)4-7-15/h2,5,8,10H,3-4,6-7H2,1H3. The van der Waals surface area contributed by atoms with Gasteiger partial charge in [0.05, 0.1) is 4.47 Å². The Bertz CT molecular complexity index is 387. The maximum absolute atomic E-state index is 10.7. The van der Waals surface area contributed by atoms with Gasteiger partial charge in [0.2, 0.25) is 0 Å². The van der Waals surface area contributed by atoms with Gasteiger partial charge in [-0.3, -0.25) is 0 Å². The predicted octanol–water partition coefficient (Wildman–Crippen LogP) is 2.57. The van der Waals surface area contributed by atoms with Crippen molar-refractivity contribution in [2.45, 2.75) is 19.8 Å². The van der Waals surface area contributed by atoms with Gasteiger partial charge in [-0.05, 0) is 47.3 Å². The number of aldehydes is 1. The number of hydrogen-bond donors (Lipinski definition) is 0. The lowest BCUT2D eigenvalue weighted by atomic mass is 9.98. The van der Waals surface area contributed by atoms with Crippen LogP contribution in [0.5, 0.6) is 0 Å². The molecule has 0 bridgehead atoms. The average molecular weight is 283 g/mol.